The fourth-order valence-electron chi connectivity index (χ4n) is 3.61. The summed E-state index contributed by atoms with van der Waals surface area (Å²) in [4.78, 5) is 6.83. The van der Waals surface area contributed by atoms with E-state index in [2.05, 4.69) is 9.97 Å². The van der Waals surface area contributed by atoms with E-state index in [-0.39, 0.29) is 5.75 Å². The first-order valence-corrected chi connectivity index (χ1v) is 10.4. The summed E-state index contributed by atoms with van der Waals surface area (Å²) >= 11 is 0. The van der Waals surface area contributed by atoms with Crippen molar-refractivity contribution < 1.29 is 8.42 Å². The summed E-state index contributed by atoms with van der Waals surface area (Å²) in [5, 5.41) is 0. The van der Waals surface area contributed by atoms with E-state index >= 15 is 0 Å². The quantitative estimate of drug-likeness (QED) is 0.531. The molecule has 2 N–H and O–H groups in total. The number of benzene rings is 2. The van der Waals surface area contributed by atoms with Gasteiger partial charge in [0.15, 0.2) is 9.84 Å². The molecule has 4 nitrogen and oxygen atoms in total. The highest BCUT2D eigenvalue weighted by molar-refractivity contribution is 7.91. The molecule has 0 amide bonds. The second-order valence-corrected chi connectivity index (χ2v) is 8.50. The Labute approximate surface area is 158 Å². The number of nitrogens with one attached hydrogen (secondary N) is 2. The fraction of sp³-hybridized carbons (Fsp3) is 0.0909. The van der Waals surface area contributed by atoms with Crippen LogP contribution in [0.2, 0.25) is 0 Å². The summed E-state index contributed by atoms with van der Waals surface area (Å²) in [5.41, 5.74) is 1.70. The Balaban J connectivity index is 1.97. The van der Waals surface area contributed by atoms with Crippen LogP contribution in [0.5, 0.6) is 0 Å². The monoisotopic (exact) mass is 376 g/mol. The third-order valence-corrected chi connectivity index (χ3v) is 6.69. The molecule has 0 saturated carbocycles. The molecule has 5 heteroatoms. The zero-order valence-electron chi connectivity index (χ0n) is 14.7. The molecule has 0 saturated heterocycles. The third kappa shape index (κ3) is 3.11. The number of aromatic amines is 2. The topological polar surface area (TPSA) is 65.7 Å². The molecule has 0 aliphatic rings. The molecule has 136 valence electrons. The van der Waals surface area contributed by atoms with Gasteiger partial charge in [-0.3, -0.25) is 0 Å². The van der Waals surface area contributed by atoms with E-state index < -0.39 is 15.3 Å². The lowest BCUT2D eigenvalue weighted by Gasteiger charge is -2.33. The summed E-state index contributed by atoms with van der Waals surface area (Å²) in [7, 11) is -3.56. The van der Waals surface area contributed by atoms with Crippen molar-refractivity contribution in [3.8, 4) is 0 Å². The van der Waals surface area contributed by atoms with Crippen LogP contribution in [0.4, 0.5) is 0 Å². The molecule has 0 atom stereocenters. The number of aromatic nitrogens is 2. The maximum absolute atomic E-state index is 13.4. The molecule has 0 spiro atoms. The lowest BCUT2D eigenvalue weighted by Crippen LogP contribution is -2.38. The zero-order valence-corrected chi connectivity index (χ0v) is 15.5. The molecule has 0 aliphatic heterocycles. The Hall–Kier alpha value is -3.05. The van der Waals surface area contributed by atoms with Crippen LogP contribution in [-0.4, -0.2) is 24.1 Å². The Morgan fingerprint density at radius 2 is 1.19 bits per heavy atom. The molecule has 0 aliphatic carbocycles. The Kier molecular flexibility index (Phi) is 4.46. The minimum Gasteiger partial charge on any atom is -0.364 e. The van der Waals surface area contributed by atoms with Crippen LogP contribution in [0.1, 0.15) is 17.0 Å². The first-order chi connectivity index (χ1) is 13.1. The first-order valence-electron chi connectivity index (χ1n) is 8.74. The summed E-state index contributed by atoms with van der Waals surface area (Å²) in [6, 6.07) is 26.0. The Morgan fingerprint density at radius 3 is 1.67 bits per heavy atom. The summed E-state index contributed by atoms with van der Waals surface area (Å²) in [5.74, 6) is -0.0882. The number of hydrogen-bond donors (Lipinski definition) is 2. The van der Waals surface area contributed by atoms with E-state index in [1.807, 2.05) is 73.1 Å². The van der Waals surface area contributed by atoms with Crippen molar-refractivity contribution in [2.45, 2.75) is 10.3 Å². The lowest BCUT2D eigenvalue weighted by molar-refractivity contribution is 0.570. The molecule has 4 rings (SSSR count). The molecule has 27 heavy (non-hydrogen) atoms. The molecule has 0 fully saturated rings. The Bertz CT molecular complexity index is 1050. The molecule has 0 unspecified atom stereocenters. The second kappa shape index (κ2) is 6.93. The largest absolute Gasteiger partial charge is 0.364 e. The normalized spacial score (nSPS) is 12.1. The number of H-pyrrole nitrogens is 2. The van der Waals surface area contributed by atoms with E-state index in [9.17, 15) is 8.42 Å². The van der Waals surface area contributed by atoms with Crippen LogP contribution >= 0.6 is 0 Å². The SMILES string of the molecule is O=S(=O)(CC(c1ccccc1)(c1ccc[nH]1)c1ccc[nH]1)c1ccccc1. The minimum atomic E-state index is -3.56. The third-order valence-electron chi connectivity index (χ3n) is 4.89. The first kappa shape index (κ1) is 17.4. The van der Waals surface area contributed by atoms with Gasteiger partial charge in [-0.15, -0.1) is 0 Å². The van der Waals surface area contributed by atoms with Crippen molar-refractivity contribution >= 4 is 9.84 Å². The molecule has 2 heterocycles. The van der Waals surface area contributed by atoms with Gasteiger partial charge in [-0.05, 0) is 42.0 Å². The molecule has 0 radical (unpaired) electrons. The Morgan fingerprint density at radius 1 is 0.667 bits per heavy atom. The van der Waals surface area contributed by atoms with Gasteiger partial charge in [-0.25, -0.2) is 8.42 Å². The van der Waals surface area contributed by atoms with Gasteiger partial charge in [0.1, 0.15) is 0 Å². The van der Waals surface area contributed by atoms with Gasteiger partial charge >= 0.3 is 0 Å². The maximum atomic E-state index is 13.4. The summed E-state index contributed by atoms with van der Waals surface area (Å²) in [6.07, 6.45) is 3.65. The zero-order chi connectivity index (χ0) is 18.7. The van der Waals surface area contributed by atoms with Gasteiger partial charge in [-0.2, -0.15) is 0 Å². The van der Waals surface area contributed by atoms with Crippen molar-refractivity contribution in [3.05, 3.63) is 114 Å². The summed E-state index contributed by atoms with van der Waals surface area (Å²) < 4.78 is 26.8. The maximum Gasteiger partial charge on any atom is 0.180 e. The van der Waals surface area contributed by atoms with Crippen LogP contribution in [0.15, 0.2) is 102 Å². The van der Waals surface area contributed by atoms with Gasteiger partial charge in [0.25, 0.3) is 0 Å². The van der Waals surface area contributed by atoms with E-state index in [1.54, 1.807) is 24.3 Å². The molecular weight excluding hydrogens is 356 g/mol. The highest BCUT2D eigenvalue weighted by Crippen LogP contribution is 2.40. The molecule has 0 bridgehead atoms. The molecule has 2 aromatic carbocycles. The number of rotatable bonds is 6. The van der Waals surface area contributed by atoms with Gasteiger partial charge in [0, 0.05) is 23.8 Å². The van der Waals surface area contributed by atoms with Crippen LogP contribution < -0.4 is 0 Å². The van der Waals surface area contributed by atoms with Crippen LogP contribution in [0.3, 0.4) is 0 Å². The van der Waals surface area contributed by atoms with Crippen molar-refractivity contribution in [2.24, 2.45) is 0 Å². The smallest absolute Gasteiger partial charge is 0.180 e. The fourth-order valence-corrected chi connectivity index (χ4v) is 5.39. The molecular formula is C22H20N2O2S. The summed E-state index contributed by atoms with van der Waals surface area (Å²) in [6.45, 7) is 0. The second-order valence-electron chi connectivity index (χ2n) is 6.51. The van der Waals surface area contributed by atoms with Crippen molar-refractivity contribution in [2.75, 3.05) is 5.75 Å². The predicted octanol–water partition coefficient (Wildman–Crippen LogP) is 4.15. The minimum absolute atomic E-state index is 0.0882. The van der Waals surface area contributed by atoms with Gasteiger partial charge in [0.2, 0.25) is 0 Å². The van der Waals surface area contributed by atoms with Crippen molar-refractivity contribution in [3.63, 3.8) is 0 Å². The highest BCUT2D eigenvalue weighted by Gasteiger charge is 2.42. The van der Waals surface area contributed by atoms with Gasteiger partial charge < -0.3 is 9.97 Å². The van der Waals surface area contributed by atoms with Gasteiger partial charge in [0.05, 0.1) is 16.1 Å². The predicted molar refractivity (Wildman–Crippen MR) is 106 cm³/mol. The van der Waals surface area contributed by atoms with E-state index in [0.717, 1.165) is 17.0 Å². The van der Waals surface area contributed by atoms with Crippen LogP contribution in [0.25, 0.3) is 0 Å². The standard InChI is InChI=1S/C22H20N2O2S/c25-27(26,19-11-5-2-6-12-19)17-22(20-13-7-15-23-20,21-14-8-16-24-21)18-9-3-1-4-10-18/h1-16,23-24H,17H2. The van der Waals surface area contributed by atoms with Crippen LogP contribution in [-0.2, 0) is 15.3 Å². The average molecular weight is 376 g/mol. The van der Waals surface area contributed by atoms with Crippen LogP contribution in [0, 0.1) is 0 Å². The highest BCUT2D eigenvalue weighted by atomic mass is 32.2. The van der Waals surface area contributed by atoms with Crippen molar-refractivity contribution in [1.82, 2.24) is 9.97 Å². The van der Waals surface area contributed by atoms with E-state index in [0.29, 0.717) is 4.90 Å². The van der Waals surface area contributed by atoms with Gasteiger partial charge in [-0.1, -0.05) is 48.5 Å². The van der Waals surface area contributed by atoms with Crippen molar-refractivity contribution in [1.29, 1.82) is 0 Å². The molecule has 4 aromatic rings. The molecule has 2 aromatic heterocycles. The van der Waals surface area contributed by atoms with E-state index in [1.165, 1.54) is 0 Å². The van der Waals surface area contributed by atoms with E-state index in [4.69, 9.17) is 0 Å². The lowest BCUT2D eigenvalue weighted by atomic mass is 9.76. The average Bonchev–Trinajstić information content (AvgIpc) is 3.42. The number of sulfone groups is 1. The number of hydrogen-bond acceptors (Lipinski definition) is 2.